The summed E-state index contributed by atoms with van der Waals surface area (Å²) in [6.45, 7) is 1.72. The highest BCUT2D eigenvalue weighted by Gasteiger charge is 2.33. The Kier molecular flexibility index (Phi) is 6.78. The molecule has 0 bridgehead atoms. The van der Waals surface area contributed by atoms with Gasteiger partial charge >= 0.3 is 12.2 Å². The Balaban J connectivity index is 1.36. The Morgan fingerprint density at radius 3 is 2.18 bits per heavy atom. The zero-order valence-corrected chi connectivity index (χ0v) is 18.7. The number of benzene rings is 2. The van der Waals surface area contributed by atoms with Gasteiger partial charge in [-0.15, -0.1) is 0 Å². The molecule has 1 N–H and O–H groups in total. The predicted molar refractivity (Wildman–Crippen MR) is 121 cm³/mol. The second kappa shape index (κ2) is 9.76. The highest BCUT2D eigenvalue weighted by Crippen LogP contribution is 2.28. The average Bonchev–Trinajstić information content (AvgIpc) is 3.19. The van der Waals surface area contributed by atoms with Gasteiger partial charge in [-0.05, 0) is 61.0 Å². The first kappa shape index (κ1) is 23.6. The lowest BCUT2D eigenvalue weighted by atomic mass is 10.1. The molecule has 4 rings (SSSR count). The van der Waals surface area contributed by atoms with Gasteiger partial charge in [-0.2, -0.15) is 18.3 Å². The molecule has 0 atom stereocenters. The van der Waals surface area contributed by atoms with Gasteiger partial charge in [0.15, 0.2) is 5.69 Å². The molecule has 178 valence electrons. The van der Waals surface area contributed by atoms with E-state index in [1.165, 1.54) is 6.20 Å². The standard InChI is InChI=1S/C23H21ClF3N5O2/c24-17-4-6-18(7-5-17)28-22(34)31-12-1-11-30(14-15-31)21(33)16-2-8-19(9-3-16)32-13-10-20(29-32)23(25,26)27/h2-10,13H,1,11-12,14-15H2,(H,28,34). The molecule has 2 heterocycles. The molecule has 11 heteroatoms. The van der Waals surface area contributed by atoms with Crippen molar-refractivity contribution in [1.82, 2.24) is 19.6 Å². The van der Waals surface area contributed by atoms with Crippen LogP contribution in [0.2, 0.25) is 5.02 Å². The van der Waals surface area contributed by atoms with Crippen molar-refractivity contribution in [3.05, 3.63) is 77.1 Å². The van der Waals surface area contributed by atoms with Gasteiger partial charge in [-0.3, -0.25) is 4.79 Å². The van der Waals surface area contributed by atoms with Gasteiger partial charge in [-0.1, -0.05) is 11.6 Å². The van der Waals surface area contributed by atoms with Crippen LogP contribution in [0.4, 0.5) is 23.7 Å². The predicted octanol–water partition coefficient (Wildman–Crippen LogP) is 4.92. The number of hydrogen-bond donors (Lipinski definition) is 1. The first-order valence-corrected chi connectivity index (χ1v) is 10.9. The molecule has 1 aliphatic rings. The van der Waals surface area contributed by atoms with Crippen molar-refractivity contribution in [2.24, 2.45) is 0 Å². The Hall–Kier alpha value is -3.53. The van der Waals surface area contributed by atoms with E-state index in [0.717, 1.165) is 10.7 Å². The molecule has 1 aliphatic heterocycles. The fourth-order valence-corrected chi connectivity index (χ4v) is 3.74. The number of carbonyl (C=O) groups is 2. The number of alkyl halides is 3. The fourth-order valence-electron chi connectivity index (χ4n) is 3.62. The molecular weight excluding hydrogens is 471 g/mol. The van der Waals surface area contributed by atoms with Crippen LogP contribution in [0.3, 0.4) is 0 Å². The molecule has 0 saturated carbocycles. The lowest BCUT2D eigenvalue weighted by molar-refractivity contribution is -0.141. The molecule has 1 saturated heterocycles. The Morgan fingerprint density at radius 1 is 0.882 bits per heavy atom. The van der Waals surface area contributed by atoms with Gasteiger partial charge in [0.2, 0.25) is 0 Å². The van der Waals surface area contributed by atoms with E-state index in [2.05, 4.69) is 10.4 Å². The number of nitrogens with zero attached hydrogens (tertiary/aromatic N) is 4. The third-order valence-electron chi connectivity index (χ3n) is 5.42. The van der Waals surface area contributed by atoms with Crippen molar-refractivity contribution in [3.63, 3.8) is 0 Å². The molecule has 34 heavy (non-hydrogen) atoms. The maximum atomic E-state index is 13.0. The van der Waals surface area contributed by atoms with E-state index in [1.54, 1.807) is 58.3 Å². The van der Waals surface area contributed by atoms with Gasteiger partial charge in [0.1, 0.15) is 0 Å². The van der Waals surface area contributed by atoms with E-state index in [1.807, 2.05) is 0 Å². The van der Waals surface area contributed by atoms with Crippen LogP contribution in [0.1, 0.15) is 22.5 Å². The summed E-state index contributed by atoms with van der Waals surface area (Å²) >= 11 is 5.87. The van der Waals surface area contributed by atoms with E-state index < -0.39 is 11.9 Å². The van der Waals surface area contributed by atoms with Crippen molar-refractivity contribution in [2.45, 2.75) is 12.6 Å². The van der Waals surface area contributed by atoms with E-state index in [-0.39, 0.29) is 11.9 Å². The first-order valence-electron chi connectivity index (χ1n) is 10.5. The quantitative estimate of drug-likeness (QED) is 0.565. The number of aromatic nitrogens is 2. The molecule has 3 amide bonds. The average molecular weight is 492 g/mol. The molecule has 0 radical (unpaired) electrons. The topological polar surface area (TPSA) is 70.5 Å². The third-order valence-corrected chi connectivity index (χ3v) is 5.68. The molecule has 1 aromatic heterocycles. The summed E-state index contributed by atoms with van der Waals surface area (Å²) in [7, 11) is 0. The second-order valence-electron chi connectivity index (χ2n) is 7.76. The summed E-state index contributed by atoms with van der Waals surface area (Å²) < 4.78 is 39.4. The summed E-state index contributed by atoms with van der Waals surface area (Å²) in [5, 5.41) is 6.93. The number of carbonyl (C=O) groups excluding carboxylic acids is 2. The van der Waals surface area contributed by atoms with Gasteiger partial charge in [-0.25, -0.2) is 9.48 Å². The maximum Gasteiger partial charge on any atom is 0.435 e. The van der Waals surface area contributed by atoms with Crippen LogP contribution >= 0.6 is 11.6 Å². The van der Waals surface area contributed by atoms with E-state index in [4.69, 9.17) is 11.6 Å². The van der Waals surface area contributed by atoms with Gasteiger partial charge < -0.3 is 15.1 Å². The number of anilines is 1. The zero-order valence-electron chi connectivity index (χ0n) is 17.9. The van der Waals surface area contributed by atoms with Crippen LogP contribution in [0.25, 0.3) is 5.69 Å². The van der Waals surface area contributed by atoms with Crippen molar-refractivity contribution in [1.29, 1.82) is 0 Å². The minimum absolute atomic E-state index is 0.206. The smallest absolute Gasteiger partial charge is 0.337 e. The normalized spacial score (nSPS) is 14.6. The minimum Gasteiger partial charge on any atom is -0.337 e. The summed E-state index contributed by atoms with van der Waals surface area (Å²) in [6.07, 6.45) is -2.68. The van der Waals surface area contributed by atoms with Crippen LogP contribution in [0, 0.1) is 0 Å². The van der Waals surface area contributed by atoms with E-state index in [0.29, 0.717) is 54.6 Å². The van der Waals surface area contributed by atoms with Crippen LogP contribution in [0.15, 0.2) is 60.8 Å². The monoisotopic (exact) mass is 491 g/mol. The summed E-state index contributed by atoms with van der Waals surface area (Å²) in [6, 6.07) is 13.7. The molecular formula is C23H21ClF3N5O2. The number of hydrogen-bond acceptors (Lipinski definition) is 3. The molecule has 2 aromatic carbocycles. The SMILES string of the molecule is O=C(Nc1ccc(Cl)cc1)N1CCCN(C(=O)c2ccc(-n3ccc(C(F)(F)F)n3)cc2)CC1. The van der Waals surface area contributed by atoms with Crippen LogP contribution in [-0.4, -0.2) is 57.7 Å². The third kappa shape index (κ3) is 5.51. The molecule has 0 aliphatic carbocycles. The van der Waals surface area contributed by atoms with E-state index >= 15 is 0 Å². The van der Waals surface area contributed by atoms with Gasteiger partial charge in [0, 0.05) is 48.6 Å². The first-order chi connectivity index (χ1) is 16.2. The molecule has 3 aromatic rings. The Bertz CT molecular complexity index is 1160. The summed E-state index contributed by atoms with van der Waals surface area (Å²) in [5.41, 5.74) is 0.465. The second-order valence-corrected chi connectivity index (χ2v) is 8.20. The number of halogens is 4. The van der Waals surface area contributed by atoms with Crippen molar-refractivity contribution < 1.29 is 22.8 Å². The Morgan fingerprint density at radius 2 is 1.53 bits per heavy atom. The Labute approximate surface area is 198 Å². The molecule has 0 spiro atoms. The van der Waals surface area contributed by atoms with Crippen molar-refractivity contribution in [3.8, 4) is 5.69 Å². The molecule has 0 unspecified atom stereocenters. The largest absolute Gasteiger partial charge is 0.435 e. The highest BCUT2D eigenvalue weighted by atomic mass is 35.5. The lowest BCUT2D eigenvalue weighted by Gasteiger charge is -2.22. The van der Waals surface area contributed by atoms with Crippen molar-refractivity contribution in [2.75, 3.05) is 31.5 Å². The van der Waals surface area contributed by atoms with Gasteiger partial charge in [0.05, 0.1) is 5.69 Å². The number of amides is 3. The molecule has 7 nitrogen and oxygen atoms in total. The minimum atomic E-state index is -4.52. The lowest BCUT2D eigenvalue weighted by Crippen LogP contribution is -2.39. The number of rotatable bonds is 3. The number of urea groups is 1. The van der Waals surface area contributed by atoms with Crippen LogP contribution in [-0.2, 0) is 6.18 Å². The highest BCUT2D eigenvalue weighted by molar-refractivity contribution is 6.30. The fraction of sp³-hybridized carbons (Fsp3) is 0.261. The van der Waals surface area contributed by atoms with E-state index in [9.17, 15) is 22.8 Å². The zero-order chi connectivity index (χ0) is 24.3. The molecule has 1 fully saturated rings. The van der Waals surface area contributed by atoms with Crippen molar-refractivity contribution >= 4 is 29.2 Å². The maximum absolute atomic E-state index is 13.0. The van der Waals surface area contributed by atoms with Crippen LogP contribution < -0.4 is 5.32 Å². The summed E-state index contributed by atoms with van der Waals surface area (Å²) in [4.78, 5) is 28.9. The van der Waals surface area contributed by atoms with Gasteiger partial charge in [0.25, 0.3) is 5.91 Å². The number of nitrogens with one attached hydrogen (secondary N) is 1. The van der Waals surface area contributed by atoms with Crippen LogP contribution in [0.5, 0.6) is 0 Å². The summed E-state index contributed by atoms with van der Waals surface area (Å²) in [5.74, 6) is -0.206.